The minimum Gasteiger partial charge on any atom is -0.360 e. The molecule has 2 heterocycles. The molecule has 0 saturated carbocycles. The van der Waals surface area contributed by atoms with Crippen molar-refractivity contribution < 1.29 is 4.79 Å². The SMILES string of the molecule is N#Cc1ccc(NC(=O)CSc2nnc(NCCc3cccs3)s2)cc1Cl. The first-order valence-corrected chi connectivity index (χ1v) is 10.9. The van der Waals surface area contributed by atoms with E-state index in [9.17, 15) is 4.79 Å². The van der Waals surface area contributed by atoms with Crippen LogP contribution in [0, 0.1) is 11.3 Å². The van der Waals surface area contributed by atoms with Crippen LogP contribution in [0.15, 0.2) is 40.1 Å². The number of amides is 1. The van der Waals surface area contributed by atoms with Crippen LogP contribution in [0.2, 0.25) is 5.02 Å². The van der Waals surface area contributed by atoms with Gasteiger partial charge in [-0.25, -0.2) is 0 Å². The van der Waals surface area contributed by atoms with Gasteiger partial charge in [0, 0.05) is 17.1 Å². The molecular formula is C17H14ClN5OS3. The molecule has 10 heteroatoms. The maximum atomic E-state index is 12.1. The minimum absolute atomic E-state index is 0.178. The molecule has 27 heavy (non-hydrogen) atoms. The highest BCUT2D eigenvalue weighted by molar-refractivity contribution is 8.01. The minimum atomic E-state index is -0.178. The number of carbonyl (C=O) groups is 1. The zero-order chi connectivity index (χ0) is 19.1. The number of carbonyl (C=O) groups excluding carboxylic acids is 1. The lowest BCUT2D eigenvalue weighted by molar-refractivity contribution is -0.113. The molecule has 3 rings (SSSR count). The van der Waals surface area contributed by atoms with Crippen molar-refractivity contribution in [1.29, 1.82) is 5.26 Å². The second kappa shape index (κ2) is 9.71. The molecule has 0 aliphatic rings. The number of hydrogen-bond acceptors (Lipinski definition) is 8. The standard InChI is InChI=1S/C17H14ClN5OS3/c18-14-8-12(4-3-11(14)9-19)21-15(24)10-26-17-23-22-16(27-17)20-6-5-13-2-1-7-25-13/h1-4,7-8H,5-6,10H2,(H,20,22)(H,21,24). The van der Waals surface area contributed by atoms with Gasteiger partial charge in [0.15, 0.2) is 4.34 Å². The largest absolute Gasteiger partial charge is 0.360 e. The normalized spacial score (nSPS) is 10.4. The van der Waals surface area contributed by atoms with E-state index in [1.54, 1.807) is 29.5 Å². The Kier molecular flexibility index (Phi) is 7.06. The van der Waals surface area contributed by atoms with Gasteiger partial charge in [-0.2, -0.15) is 5.26 Å². The van der Waals surface area contributed by atoms with Gasteiger partial charge in [0.2, 0.25) is 11.0 Å². The van der Waals surface area contributed by atoms with Gasteiger partial charge in [-0.15, -0.1) is 21.5 Å². The predicted molar refractivity (Wildman–Crippen MR) is 112 cm³/mol. The molecule has 2 aromatic heterocycles. The summed E-state index contributed by atoms with van der Waals surface area (Å²) in [5.74, 6) is 0.0322. The first-order valence-electron chi connectivity index (χ1n) is 7.86. The van der Waals surface area contributed by atoms with E-state index in [-0.39, 0.29) is 11.7 Å². The fourth-order valence-corrected chi connectivity index (χ4v) is 4.60. The van der Waals surface area contributed by atoms with Crippen LogP contribution in [0.25, 0.3) is 0 Å². The second-order valence-corrected chi connectivity index (χ2v) is 8.91. The Balaban J connectivity index is 1.43. The van der Waals surface area contributed by atoms with Gasteiger partial charge < -0.3 is 10.6 Å². The average molecular weight is 436 g/mol. The number of benzene rings is 1. The number of anilines is 2. The summed E-state index contributed by atoms with van der Waals surface area (Å²) >= 11 is 10.4. The highest BCUT2D eigenvalue weighted by Crippen LogP contribution is 2.26. The molecule has 2 N–H and O–H groups in total. The summed E-state index contributed by atoms with van der Waals surface area (Å²) in [5.41, 5.74) is 0.926. The van der Waals surface area contributed by atoms with Gasteiger partial charge >= 0.3 is 0 Å². The fraction of sp³-hybridized carbons (Fsp3) is 0.176. The van der Waals surface area contributed by atoms with Crippen molar-refractivity contribution >= 4 is 62.8 Å². The van der Waals surface area contributed by atoms with E-state index in [0.29, 0.717) is 16.3 Å². The van der Waals surface area contributed by atoms with E-state index in [1.165, 1.54) is 28.0 Å². The summed E-state index contributed by atoms with van der Waals surface area (Å²) in [5, 5.41) is 26.1. The third kappa shape index (κ3) is 5.94. The number of aromatic nitrogens is 2. The lowest BCUT2D eigenvalue weighted by atomic mass is 10.2. The summed E-state index contributed by atoms with van der Waals surface area (Å²) in [6.07, 6.45) is 0.940. The van der Waals surface area contributed by atoms with E-state index < -0.39 is 0 Å². The Morgan fingerprint density at radius 2 is 2.22 bits per heavy atom. The zero-order valence-corrected chi connectivity index (χ0v) is 17.1. The van der Waals surface area contributed by atoms with E-state index in [1.807, 2.05) is 12.1 Å². The average Bonchev–Trinajstić information content (AvgIpc) is 3.32. The molecule has 138 valence electrons. The maximum Gasteiger partial charge on any atom is 0.234 e. The van der Waals surface area contributed by atoms with E-state index in [4.69, 9.17) is 16.9 Å². The molecule has 0 atom stereocenters. The number of hydrogen-bond donors (Lipinski definition) is 2. The number of rotatable bonds is 8. The van der Waals surface area contributed by atoms with Crippen LogP contribution >= 0.6 is 46.0 Å². The van der Waals surface area contributed by atoms with Gasteiger partial charge in [-0.3, -0.25) is 4.79 Å². The lowest BCUT2D eigenvalue weighted by Crippen LogP contribution is -2.13. The maximum absolute atomic E-state index is 12.1. The van der Waals surface area contributed by atoms with E-state index in [2.05, 4.69) is 32.3 Å². The molecule has 6 nitrogen and oxygen atoms in total. The van der Waals surface area contributed by atoms with Crippen LogP contribution in [-0.2, 0) is 11.2 Å². The van der Waals surface area contributed by atoms with Gasteiger partial charge in [0.25, 0.3) is 0 Å². The number of thiophene rings is 1. The molecule has 1 aromatic carbocycles. The number of halogens is 1. The summed E-state index contributed by atoms with van der Waals surface area (Å²) in [6.45, 7) is 0.791. The molecule has 0 spiro atoms. The smallest absolute Gasteiger partial charge is 0.234 e. The van der Waals surface area contributed by atoms with Crippen molar-refractivity contribution in [2.45, 2.75) is 10.8 Å². The first kappa shape index (κ1) is 19.6. The highest BCUT2D eigenvalue weighted by atomic mass is 35.5. The third-order valence-corrected chi connectivity index (χ3v) is 6.60. The Morgan fingerprint density at radius 3 is 2.96 bits per heavy atom. The zero-order valence-electron chi connectivity index (χ0n) is 13.9. The molecule has 0 unspecified atom stereocenters. The Labute approximate surface area is 173 Å². The molecule has 3 aromatic rings. The van der Waals surface area contributed by atoms with Gasteiger partial charge in [-0.05, 0) is 36.1 Å². The van der Waals surface area contributed by atoms with E-state index >= 15 is 0 Å². The summed E-state index contributed by atoms with van der Waals surface area (Å²) in [4.78, 5) is 13.4. The second-order valence-electron chi connectivity index (χ2n) is 5.27. The molecule has 0 aliphatic heterocycles. The monoisotopic (exact) mass is 435 g/mol. The van der Waals surface area contributed by atoms with Crippen LogP contribution < -0.4 is 10.6 Å². The lowest BCUT2D eigenvalue weighted by Gasteiger charge is -2.05. The number of nitriles is 1. The van der Waals surface area contributed by atoms with Crippen molar-refractivity contribution in [2.75, 3.05) is 22.9 Å². The third-order valence-electron chi connectivity index (χ3n) is 3.33. The molecule has 0 fully saturated rings. The van der Waals surface area contributed by atoms with Gasteiger partial charge in [0.1, 0.15) is 6.07 Å². The van der Waals surface area contributed by atoms with Crippen LogP contribution in [0.5, 0.6) is 0 Å². The van der Waals surface area contributed by atoms with Crippen molar-refractivity contribution in [3.05, 3.63) is 51.2 Å². The van der Waals surface area contributed by atoms with E-state index in [0.717, 1.165) is 22.4 Å². The summed E-state index contributed by atoms with van der Waals surface area (Å²) in [7, 11) is 0. The molecule has 0 saturated heterocycles. The topological polar surface area (TPSA) is 90.7 Å². The molecular weight excluding hydrogens is 422 g/mol. The first-order chi connectivity index (χ1) is 13.1. The van der Waals surface area contributed by atoms with Crippen LogP contribution in [0.4, 0.5) is 10.8 Å². The highest BCUT2D eigenvalue weighted by Gasteiger charge is 2.09. The quantitative estimate of drug-likeness (QED) is 0.506. The van der Waals surface area contributed by atoms with Crippen molar-refractivity contribution in [2.24, 2.45) is 0 Å². The Bertz CT molecular complexity index is 952. The van der Waals surface area contributed by atoms with Crippen LogP contribution in [-0.4, -0.2) is 28.4 Å². The van der Waals surface area contributed by atoms with Crippen molar-refractivity contribution in [1.82, 2.24) is 10.2 Å². The molecule has 0 aliphatic carbocycles. The number of thioether (sulfide) groups is 1. The molecule has 0 bridgehead atoms. The summed E-state index contributed by atoms with van der Waals surface area (Å²) in [6, 6.07) is 10.9. The Hall–Kier alpha value is -2.12. The van der Waals surface area contributed by atoms with Gasteiger partial charge in [-0.1, -0.05) is 40.8 Å². The van der Waals surface area contributed by atoms with Crippen LogP contribution in [0.1, 0.15) is 10.4 Å². The van der Waals surface area contributed by atoms with Crippen LogP contribution in [0.3, 0.4) is 0 Å². The predicted octanol–water partition coefficient (Wildman–Crippen LogP) is 4.51. The van der Waals surface area contributed by atoms with Gasteiger partial charge in [0.05, 0.1) is 16.3 Å². The summed E-state index contributed by atoms with van der Waals surface area (Å²) < 4.78 is 0.724. The molecule has 0 radical (unpaired) electrons. The van der Waals surface area contributed by atoms with Crippen molar-refractivity contribution in [3.8, 4) is 6.07 Å². The number of nitrogens with zero attached hydrogens (tertiary/aromatic N) is 3. The number of nitrogens with one attached hydrogen (secondary N) is 2. The Morgan fingerprint density at radius 1 is 1.33 bits per heavy atom. The molecule has 1 amide bonds. The fourth-order valence-electron chi connectivity index (χ4n) is 2.09. The van der Waals surface area contributed by atoms with Crippen molar-refractivity contribution in [3.63, 3.8) is 0 Å².